The molecule has 29 heavy (non-hydrogen) atoms. The summed E-state index contributed by atoms with van der Waals surface area (Å²) in [6.45, 7) is 0. The zero-order valence-electron chi connectivity index (χ0n) is 16.0. The fourth-order valence-corrected chi connectivity index (χ4v) is 4.13. The minimum Gasteiger partial charge on any atom is -0.493 e. The Balaban J connectivity index is 1.62. The summed E-state index contributed by atoms with van der Waals surface area (Å²) in [7, 11) is 3.04. The number of hydrazone groups is 1. The number of rotatable bonds is 9. The summed E-state index contributed by atoms with van der Waals surface area (Å²) in [5.41, 5.74) is 3.76. The number of amides is 1. The molecule has 0 fully saturated rings. The molecule has 2 aromatic heterocycles. The number of benzene rings is 1. The monoisotopic (exact) mass is 428 g/mol. The van der Waals surface area contributed by atoms with Crippen LogP contribution in [0.3, 0.4) is 0 Å². The van der Waals surface area contributed by atoms with E-state index < -0.39 is 0 Å². The van der Waals surface area contributed by atoms with Gasteiger partial charge in [-0.3, -0.25) is 9.59 Å². The number of carbonyl (C=O) groups excluding carboxylic acids is 2. The number of hydrogen-bond donors (Lipinski definition) is 1. The maximum Gasteiger partial charge on any atom is 0.240 e. The van der Waals surface area contributed by atoms with Crippen LogP contribution in [0.15, 0.2) is 58.3 Å². The van der Waals surface area contributed by atoms with E-state index in [0.717, 1.165) is 15.5 Å². The van der Waals surface area contributed by atoms with Crippen LogP contribution in [0.4, 0.5) is 0 Å². The second-order valence-corrected chi connectivity index (χ2v) is 7.84. The summed E-state index contributed by atoms with van der Waals surface area (Å²) < 4.78 is 10.4. The summed E-state index contributed by atoms with van der Waals surface area (Å²) in [6, 6.07) is 12.7. The van der Waals surface area contributed by atoms with Crippen LogP contribution in [-0.2, 0) is 4.79 Å². The number of hydrogen-bond acceptors (Lipinski definition) is 7. The molecule has 2 heterocycles. The van der Waals surface area contributed by atoms with Crippen molar-refractivity contribution in [1.29, 1.82) is 0 Å². The van der Waals surface area contributed by atoms with Crippen LogP contribution in [0.2, 0.25) is 0 Å². The Hall–Kier alpha value is -2.97. The molecule has 0 atom stereocenters. The van der Waals surface area contributed by atoms with Gasteiger partial charge in [0.05, 0.1) is 24.0 Å². The molecule has 0 aliphatic carbocycles. The first-order valence-corrected chi connectivity index (χ1v) is 10.6. The molecule has 150 valence electrons. The molecular weight excluding hydrogens is 408 g/mol. The number of nitrogens with zero attached hydrogens (tertiary/aromatic N) is 1. The number of thiophene rings is 2. The molecule has 3 aromatic rings. The van der Waals surface area contributed by atoms with Crippen LogP contribution in [0.1, 0.15) is 33.0 Å². The molecule has 1 N–H and O–H groups in total. The molecule has 0 aliphatic rings. The molecule has 0 aliphatic heterocycles. The molecule has 0 bridgehead atoms. The fourth-order valence-electron chi connectivity index (χ4n) is 2.61. The first-order valence-electron chi connectivity index (χ1n) is 8.82. The molecule has 0 saturated carbocycles. The lowest BCUT2D eigenvalue weighted by Gasteiger charge is -2.09. The Morgan fingerprint density at radius 2 is 1.59 bits per heavy atom. The van der Waals surface area contributed by atoms with E-state index in [0.29, 0.717) is 17.1 Å². The number of nitrogens with one attached hydrogen (secondary N) is 1. The highest BCUT2D eigenvalue weighted by Crippen LogP contribution is 2.28. The second kappa shape index (κ2) is 9.99. The van der Waals surface area contributed by atoms with Crippen LogP contribution in [-0.4, -0.2) is 31.6 Å². The molecule has 1 amide bonds. The normalized spacial score (nSPS) is 10.3. The van der Waals surface area contributed by atoms with E-state index >= 15 is 0 Å². The van der Waals surface area contributed by atoms with E-state index in [-0.39, 0.29) is 24.5 Å². The SMILES string of the molecule is COc1ccc(C(=O)CCC(=O)NN=C(c2cccs2)c2cccs2)cc1OC. The first kappa shape index (κ1) is 20.8. The average Bonchev–Trinajstić information content (AvgIpc) is 3.46. The van der Waals surface area contributed by atoms with E-state index in [1.165, 1.54) is 14.2 Å². The third-order valence-corrected chi connectivity index (χ3v) is 5.84. The largest absolute Gasteiger partial charge is 0.493 e. The van der Waals surface area contributed by atoms with Gasteiger partial charge in [-0.25, -0.2) is 5.43 Å². The lowest BCUT2D eigenvalue weighted by Crippen LogP contribution is -2.20. The van der Waals surface area contributed by atoms with E-state index in [1.807, 2.05) is 35.0 Å². The van der Waals surface area contributed by atoms with Crippen LogP contribution in [0, 0.1) is 0 Å². The van der Waals surface area contributed by atoms with Gasteiger partial charge in [0, 0.05) is 18.4 Å². The Bertz CT molecular complexity index is 960. The van der Waals surface area contributed by atoms with E-state index in [1.54, 1.807) is 40.9 Å². The predicted octanol–water partition coefficient (Wildman–Crippen LogP) is 4.36. The van der Waals surface area contributed by atoms with Gasteiger partial charge in [0.2, 0.25) is 5.91 Å². The van der Waals surface area contributed by atoms with Gasteiger partial charge >= 0.3 is 0 Å². The van der Waals surface area contributed by atoms with Gasteiger partial charge in [0.1, 0.15) is 5.71 Å². The van der Waals surface area contributed by atoms with Crippen LogP contribution < -0.4 is 14.9 Å². The van der Waals surface area contributed by atoms with Crippen molar-refractivity contribution in [2.45, 2.75) is 12.8 Å². The van der Waals surface area contributed by atoms with Gasteiger partial charge < -0.3 is 9.47 Å². The molecule has 0 radical (unpaired) electrons. The van der Waals surface area contributed by atoms with Gasteiger partial charge in [-0.15, -0.1) is 22.7 Å². The lowest BCUT2D eigenvalue weighted by atomic mass is 10.1. The van der Waals surface area contributed by atoms with Crippen LogP contribution in [0.25, 0.3) is 0 Å². The van der Waals surface area contributed by atoms with Gasteiger partial charge in [-0.1, -0.05) is 12.1 Å². The van der Waals surface area contributed by atoms with E-state index in [2.05, 4.69) is 10.5 Å². The van der Waals surface area contributed by atoms with E-state index in [4.69, 9.17) is 9.47 Å². The van der Waals surface area contributed by atoms with Crippen molar-refractivity contribution in [3.8, 4) is 11.5 Å². The number of ketones is 1. The minimum atomic E-state index is -0.315. The maximum atomic E-state index is 12.4. The summed E-state index contributed by atoms with van der Waals surface area (Å²) in [5, 5.41) is 8.22. The highest BCUT2D eigenvalue weighted by atomic mass is 32.1. The highest BCUT2D eigenvalue weighted by Gasteiger charge is 2.14. The topological polar surface area (TPSA) is 77.0 Å². The van der Waals surface area contributed by atoms with Crippen LogP contribution in [0.5, 0.6) is 11.5 Å². The minimum absolute atomic E-state index is 0.0405. The molecule has 1 aromatic carbocycles. The standard InChI is InChI=1S/C21H20N2O4S2/c1-26-16-9-7-14(13-17(16)27-2)15(24)8-10-20(25)22-23-21(18-5-3-11-28-18)19-6-4-12-29-19/h3-7,9,11-13H,8,10H2,1-2H3,(H,22,25). The number of Topliss-reactive ketones (excluding diaryl/α,β-unsaturated/α-hetero) is 1. The van der Waals surface area contributed by atoms with E-state index in [9.17, 15) is 9.59 Å². The number of ether oxygens (including phenoxy) is 2. The Labute approximate surface area is 176 Å². The predicted molar refractivity (Wildman–Crippen MR) is 116 cm³/mol. The zero-order chi connectivity index (χ0) is 20.6. The third-order valence-electron chi connectivity index (χ3n) is 4.09. The molecule has 0 unspecified atom stereocenters. The Morgan fingerprint density at radius 1 is 0.931 bits per heavy atom. The molecule has 0 spiro atoms. The fraction of sp³-hybridized carbons (Fsp3) is 0.190. The first-order chi connectivity index (χ1) is 14.1. The smallest absolute Gasteiger partial charge is 0.240 e. The molecule has 3 rings (SSSR count). The second-order valence-electron chi connectivity index (χ2n) is 5.94. The number of carbonyl (C=O) groups is 2. The van der Waals surface area contributed by atoms with Crippen molar-refractivity contribution in [3.05, 3.63) is 68.5 Å². The van der Waals surface area contributed by atoms with Crippen molar-refractivity contribution in [3.63, 3.8) is 0 Å². The molecule has 6 nitrogen and oxygen atoms in total. The van der Waals surface area contributed by atoms with Crippen molar-refractivity contribution in [2.75, 3.05) is 14.2 Å². The number of methoxy groups -OCH3 is 2. The highest BCUT2D eigenvalue weighted by molar-refractivity contribution is 7.15. The zero-order valence-corrected chi connectivity index (χ0v) is 17.6. The average molecular weight is 429 g/mol. The van der Waals surface area contributed by atoms with Gasteiger partial charge in [-0.2, -0.15) is 5.10 Å². The van der Waals surface area contributed by atoms with Crippen LogP contribution >= 0.6 is 22.7 Å². The van der Waals surface area contributed by atoms with Crippen molar-refractivity contribution in [2.24, 2.45) is 5.10 Å². The van der Waals surface area contributed by atoms with Gasteiger partial charge in [-0.05, 0) is 41.1 Å². The third kappa shape index (κ3) is 5.30. The van der Waals surface area contributed by atoms with Crippen molar-refractivity contribution < 1.29 is 19.1 Å². The van der Waals surface area contributed by atoms with Gasteiger partial charge in [0.25, 0.3) is 0 Å². The summed E-state index contributed by atoms with van der Waals surface area (Å²) in [5.74, 6) is 0.556. The van der Waals surface area contributed by atoms with Crippen molar-refractivity contribution in [1.82, 2.24) is 5.43 Å². The Kier molecular flexibility index (Phi) is 7.15. The molecular formula is C21H20N2O4S2. The van der Waals surface area contributed by atoms with Gasteiger partial charge in [0.15, 0.2) is 17.3 Å². The summed E-state index contributed by atoms with van der Waals surface area (Å²) >= 11 is 3.10. The quantitative estimate of drug-likeness (QED) is 0.312. The summed E-state index contributed by atoms with van der Waals surface area (Å²) in [6.07, 6.45) is 0.114. The molecule has 8 heteroatoms. The maximum absolute atomic E-state index is 12.4. The van der Waals surface area contributed by atoms with Crippen molar-refractivity contribution >= 4 is 40.1 Å². The Morgan fingerprint density at radius 3 is 2.14 bits per heavy atom. The summed E-state index contributed by atoms with van der Waals surface area (Å²) in [4.78, 5) is 26.6. The molecule has 0 saturated heterocycles. The lowest BCUT2D eigenvalue weighted by molar-refractivity contribution is -0.121.